The van der Waals surface area contributed by atoms with Gasteiger partial charge in [-0.1, -0.05) is 26.7 Å². The molecular weight excluding hydrogens is 264 g/mol. The summed E-state index contributed by atoms with van der Waals surface area (Å²) in [6, 6.07) is 4.04. The minimum Gasteiger partial charge on any atom is -0.478 e. The second-order valence-corrected chi connectivity index (χ2v) is 6.50. The molecule has 1 saturated carbocycles. The van der Waals surface area contributed by atoms with Crippen LogP contribution < -0.4 is 11.1 Å². The van der Waals surface area contributed by atoms with E-state index in [9.17, 15) is 9.90 Å². The van der Waals surface area contributed by atoms with Gasteiger partial charge >= 0.3 is 5.97 Å². The third-order valence-corrected chi connectivity index (χ3v) is 4.65. The maximum Gasteiger partial charge on any atom is 0.337 e. The molecule has 0 spiro atoms. The lowest BCUT2D eigenvalue weighted by molar-refractivity contribution is 0.0698. The first-order valence-corrected chi connectivity index (χ1v) is 7.80. The Bertz CT molecular complexity index is 526. The lowest BCUT2D eigenvalue weighted by atomic mass is 9.77. The molecule has 2 unspecified atom stereocenters. The number of aromatic carboxylic acids is 1. The van der Waals surface area contributed by atoms with Crippen molar-refractivity contribution in [3.63, 3.8) is 0 Å². The number of carbonyl (C=O) groups is 1. The molecule has 4 heteroatoms. The maximum atomic E-state index is 11.3. The van der Waals surface area contributed by atoms with Gasteiger partial charge in [0.1, 0.15) is 0 Å². The molecule has 1 aromatic rings. The number of aryl methyl sites for hydroxylation is 1. The van der Waals surface area contributed by atoms with Crippen LogP contribution in [0.5, 0.6) is 0 Å². The predicted octanol–water partition coefficient (Wildman–Crippen LogP) is 3.90. The molecule has 0 heterocycles. The number of carboxylic acids is 1. The van der Waals surface area contributed by atoms with Crippen LogP contribution in [0.1, 0.15) is 55.5 Å². The molecule has 0 bridgehead atoms. The summed E-state index contributed by atoms with van der Waals surface area (Å²) in [5, 5.41) is 12.8. The molecule has 21 heavy (non-hydrogen) atoms. The van der Waals surface area contributed by atoms with Gasteiger partial charge < -0.3 is 16.2 Å². The smallest absolute Gasteiger partial charge is 0.337 e. The van der Waals surface area contributed by atoms with E-state index in [4.69, 9.17) is 5.73 Å². The molecule has 0 amide bonds. The Morgan fingerprint density at radius 1 is 1.33 bits per heavy atom. The van der Waals surface area contributed by atoms with Crippen molar-refractivity contribution < 1.29 is 9.90 Å². The highest BCUT2D eigenvalue weighted by Gasteiger charge is 2.27. The Balaban J connectivity index is 2.24. The Hall–Kier alpha value is -1.71. The van der Waals surface area contributed by atoms with Crippen LogP contribution in [0.25, 0.3) is 0 Å². The molecule has 1 aliphatic rings. The summed E-state index contributed by atoms with van der Waals surface area (Å²) in [6.45, 7) is 6.39. The zero-order valence-electron chi connectivity index (χ0n) is 13.1. The molecule has 0 aromatic heterocycles. The molecule has 4 nitrogen and oxygen atoms in total. The Morgan fingerprint density at radius 2 is 2.00 bits per heavy atom. The monoisotopic (exact) mass is 290 g/mol. The second kappa shape index (κ2) is 6.37. The van der Waals surface area contributed by atoms with Crippen molar-refractivity contribution in [3.8, 4) is 0 Å². The van der Waals surface area contributed by atoms with E-state index in [0.29, 0.717) is 23.6 Å². The van der Waals surface area contributed by atoms with Gasteiger partial charge in [-0.3, -0.25) is 0 Å². The second-order valence-electron chi connectivity index (χ2n) is 6.50. The molecule has 1 aromatic carbocycles. The largest absolute Gasteiger partial charge is 0.478 e. The fraction of sp³-hybridized carbons (Fsp3) is 0.588. The van der Waals surface area contributed by atoms with Crippen molar-refractivity contribution in [3.05, 3.63) is 23.3 Å². The summed E-state index contributed by atoms with van der Waals surface area (Å²) in [4.78, 5) is 11.3. The van der Waals surface area contributed by atoms with E-state index in [1.807, 2.05) is 13.0 Å². The highest BCUT2D eigenvalue weighted by Crippen LogP contribution is 2.33. The van der Waals surface area contributed by atoms with Crippen molar-refractivity contribution in [1.29, 1.82) is 0 Å². The van der Waals surface area contributed by atoms with Crippen molar-refractivity contribution in [2.45, 2.75) is 52.5 Å². The van der Waals surface area contributed by atoms with E-state index in [1.165, 1.54) is 19.3 Å². The number of hydrogen-bond donors (Lipinski definition) is 3. The van der Waals surface area contributed by atoms with Crippen molar-refractivity contribution >= 4 is 17.3 Å². The van der Waals surface area contributed by atoms with E-state index in [2.05, 4.69) is 19.2 Å². The number of hydrogen-bond acceptors (Lipinski definition) is 3. The first-order chi connectivity index (χ1) is 9.90. The number of anilines is 2. The number of nitrogens with two attached hydrogens (primary N) is 1. The zero-order chi connectivity index (χ0) is 15.6. The van der Waals surface area contributed by atoms with E-state index >= 15 is 0 Å². The minimum absolute atomic E-state index is 0.189. The van der Waals surface area contributed by atoms with Gasteiger partial charge in [0.05, 0.1) is 5.56 Å². The van der Waals surface area contributed by atoms with Gasteiger partial charge in [0.15, 0.2) is 0 Å². The lowest BCUT2D eigenvalue weighted by Gasteiger charge is -2.35. The lowest BCUT2D eigenvalue weighted by Crippen LogP contribution is -2.35. The first kappa shape index (κ1) is 15.7. The molecule has 0 aliphatic heterocycles. The van der Waals surface area contributed by atoms with Gasteiger partial charge in [-0.25, -0.2) is 4.79 Å². The van der Waals surface area contributed by atoms with Crippen molar-refractivity contribution in [2.75, 3.05) is 11.1 Å². The summed E-state index contributed by atoms with van der Waals surface area (Å²) in [7, 11) is 0. The van der Waals surface area contributed by atoms with Crippen LogP contribution in [0.15, 0.2) is 12.1 Å². The van der Waals surface area contributed by atoms with Crippen LogP contribution in [0, 0.1) is 18.8 Å². The number of benzene rings is 1. The summed E-state index contributed by atoms with van der Waals surface area (Å²) >= 11 is 0. The molecule has 2 atom stereocenters. The normalized spacial score (nSPS) is 22.3. The SMILES string of the molecule is Cc1cc(NC2CCCCC2C(C)C)cc(C(=O)O)c1N. The fourth-order valence-electron chi connectivity index (χ4n) is 3.41. The predicted molar refractivity (Wildman–Crippen MR) is 86.8 cm³/mol. The molecule has 1 aliphatic carbocycles. The summed E-state index contributed by atoms with van der Waals surface area (Å²) in [5.74, 6) is 0.310. The van der Waals surface area contributed by atoms with Crippen LogP contribution in [-0.4, -0.2) is 17.1 Å². The number of nitrogen functional groups attached to an aromatic ring is 1. The van der Waals surface area contributed by atoms with Crippen LogP contribution >= 0.6 is 0 Å². The van der Waals surface area contributed by atoms with Crippen LogP contribution in [-0.2, 0) is 0 Å². The first-order valence-electron chi connectivity index (χ1n) is 7.80. The van der Waals surface area contributed by atoms with E-state index < -0.39 is 5.97 Å². The van der Waals surface area contributed by atoms with E-state index in [-0.39, 0.29) is 5.56 Å². The van der Waals surface area contributed by atoms with E-state index in [0.717, 1.165) is 17.7 Å². The summed E-state index contributed by atoms with van der Waals surface area (Å²) in [5.41, 5.74) is 8.09. The Kier molecular flexibility index (Phi) is 4.76. The molecule has 2 rings (SSSR count). The topological polar surface area (TPSA) is 75.3 Å². The zero-order valence-corrected chi connectivity index (χ0v) is 13.1. The highest BCUT2D eigenvalue weighted by molar-refractivity contribution is 5.95. The number of carboxylic acid groups (broad SMARTS) is 1. The van der Waals surface area contributed by atoms with Gasteiger partial charge in [0.2, 0.25) is 0 Å². The average Bonchev–Trinajstić information content (AvgIpc) is 2.42. The molecular formula is C17H26N2O2. The average molecular weight is 290 g/mol. The third-order valence-electron chi connectivity index (χ3n) is 4.65. The molecule has 0 radical (unpaired) electrons. The summed E-state index contributed by atoms with van der Waals surface area (Å²) in [6.07, 6.45) is 4.92. The van der Waals surface area contributed by atoms with Crippen molar-refractivity contribution in [2.24, 2.45) is 11.8 Å². The third kappa shape index (κ3) is 3.49. The summed E-state index contributed by atoms with van der Waals surface area (Å²) < 4.78 is 0. The maximum absolute atomic E-state index is 11.3. The molecule has 4 N–H and O–H groups in total. The number of rotatable bonds is 4. The van der Waals surface area contributed by atoms with Gasteiger partial charge in [-0.2, -0.15) is 0 Å². The van der Waals surface area contributed by atoms with Crippen LogP contribution in [0.2, 0.25) is 0 Å². The van der Waals surface area contributed by atoms with Gasteiger partial charge in [-0.15, -0.1) is 0 Å². The van der Waals surface area contributed by atoms with Gasteiger partial charge in [0.25, 0.3) is 0 Å². The standard InChI is InChI=1S/C17H26N2O2/c1-10(2)13-6-4-5-7-15(13)19-12-8-11(3)16(18)14(9-12)17(20)21/h8-10,13,15,19H,4-7,18H2,1-3H3,(H,20,21). The highest BCUT2D eigenvalue weighted by atomic mass is 16.4. The van der Waals surface area contributed by atoms with Crippen LogP contribution in [0.3, 0.4) is 0 Å². The van der Waals surface area contributed by atoms with Crippen molar-refractivity contribution in [1.82, 2.24) is 0 Å². The Morgan fingerprint density at radius 3 is 2.62 bits per heavy atom. The molecule has 116 valence electrons. The van der Waals surface area contributed by atoms with Gasteiger partial charge in [0, 0.05) is 17.4 Å². The van der Waals surface area contributed by atoms with E-state index in [1.54, 1.807) is 6.07 Å². The number of nitrogens with one attached hydrogen (secondary N) is 1. The minimum atomic E-state index is -0.969. The van der Waals surface area contributed by atoms with Crippen LogP contribution in [0.4, 0.5) is 11.4 Å². The Labute approximate surface area is 126 Å². The molecule has 1 fully saturated rings. The van der Waals surface area contributed by atoms with Gasteiger partial charge in [-0.05, 0) is 49.3 Å². The quantitative estimate of drug-likeness (QED) is 0.735. The fourth-order valence-corrected chi connectivity index (χ4v) is 3.41. The molecule has 0 saturated heterocycles.